The SMILES string of the molecule is Cc1ccc(C(=O)N/N=C/c2cc(Br)cs2)cn1. The Morgan fingerprint density at radius 3 is 3.00 bits per heavy atom. The molecule has 18 heavy (non-hydrogen) atoms. The number of aryl methyl sites for hydroxylation is 1. The summed E-state index contributed by atoms with van der Waals surface area (Å²) in [5.74, 6) is -0.269. The quantitative estimate of drug-likeness (QED) is 0.697. The summed E-state index contributed by atoms with van der Waals surface area (Å²) in [5, 5.41) is 5.84. The molecule has 0 aliphatic heterocycles. The van der Waals surface area contributed by atoms with Crippen LogP contribution in [0.3, 0.4) is 0 Å². The molecule has 0 bridgehead atoms. The second kappa shape index (κ2) is 5.88. The molecule has 1 amide bonds. The Morgan fingerprint density at radius 2 is 2.39 bits per heavy atom. The summed E-state index contributed by atoms with van der Waals surface area (Å²) < 4.78 is 1.00. The topological polar surface area (TPSA) is 54.4 Å². The van der Waals surface area contributed by atoms with E-state index in [-0.39, 0.29) is 5.91 Å². The number of hydrogen-bond donors (Lipinski definition) is 1. The minimum Gasteiger partial charge on any atom is -0.267 e. The van der Waals surface area contributed by atoms with Crippen molar-refractivity contribution in [2.24, 2.45) is 5.10 Å². The lowest BCUT2D eigenvalue weighted by Gasteiger charge is -1.98. The first-order valence-electron chi connectivity index (χ1n) is 5.15. The summed E-state index contributed by atoms with van der Waals surface area (Å²) in [4.78, 5) is 16.7. The fourth-order valence-corrected chi connectivity index (χ4v) is 2.52. The van der Waals surface area contributed by atoms with Crippen molar-refractivity contribution in [1.29, 1.82) is 0 Å². The van der Waals surface area contributed by atoms with E-state index in [0.717, 1.165) is 15.0 Å². The normalized spacial score (nSPS) is 10.8. The second-order valence-electron chi connectivity index (χ2n) is 3.55. The standard InChI is InChI=1S/C12H10BrN3OS/c1-8-2-3-9(5-14-8)12(17)16-15-6-11-4-10(13)7-18-11/h2-7H,1H3,(H,16,17)/b15-6+. The van der Waals surface area contributed by atoms with E-state index in [9.17, 15) is 4.79 Å². The zero-order valence-electron chi connectivity index (χ0n) is 9.55. The second-order valence-corrected chi connectivity index (χ2v) is 5.41. The van der Waals surface area contributed by atoms with Crippen LogP contribution in [0.2, 0.25) is 0 Å². The molecule has 0 atom stereocenters. The van der Waals surface area contributed by atoms with Gasteiger partial charge in [-0.15, -0.1) is 11.3 Å². The van der Waals surface area contributed by atoms with E-state index in [1.54, 1.807) is 18.3 Å². The van der Waals surface area contributed by atoms with E-state index < -0.39 is 0 Å². The summed E-state index contributed by atoms with van der Waals surface area (Å²) >= 11 is 4.89. The van der Waals surface area contributed by atoms with Crippen molar-refractivity contribution < 1.29 is 4.79 Å². The van der Waals surface area contributed by atoms with Gasteiger partial charge >= 0.3 is 0 Å². The van der Waals surface area contributed by atoms with Gasteiger partial charge in [0, 0.05) is 26.6 Å². The van der Waals surface area contributed by atoms with Crippen LogP contribution >= 0.6 is 27.3 Å². The van der Waals surface area contributed by atoms with Crippen molar-refractivity contribution >= 4 is 39.4 Å². The molecule has 1 N–H and O–H groups in total. The monoisotopic (exact) mass is 323 g/mol. The van der Waals surface area contributed by atoms with Gasteiger partial charge in [0.05, 0.1) is 11.8 Å². The number of pyridine rings is 1. The van der Waals surface area contributed by atoms with Crippen molar-refractivity contribution in [3.05, 3.63) is 50.4 Å². The number of carbonyl (C=O) groups is 1. The molecule has 6 heteroatoms. The number of hydrogen-bond acceptors (Lipinski definition) is 4. The summed E-state index contributed by atoms with van der Waals surface area (Å²) in [7, 11) is 0. The first-order valence-corrected chi connectivity index (χ1v) is 6.82. The van der Waals surface area contributed by atoms with E-state index in [2.05, 4.69) is 31.4 Å². The smallest absolute Gasteiger partial charge is 0.267 e. The van der Waals surface area contributed by atoms with Gasteiger partial charge < -0.3 is 0 Å². The predicted octanol–water partition coefficient (Wildman–Crippen LogP) is 2.98. The van der Waals surface area contributed by atoms with Gasteiger partial charge in [-0.25, -0.2) is 5.43 Å². The minimum atomic E-state index is -0.269. The highest BCUT2D eigenvalue weighted by Crippen LogP contribution is 2.17. The highest BCUT2D eigenvalue weighted by Gasteiger charge is 2.03. The molecule has 0 unspecified atom stereocenters. The summed E-state index contributed by atoms with van der Waals surface area (Å²) in [5.41, 5.74) is 3.82. The molecule has 4 nitrogen and oxygen atoms in total. The Morgan fingerprint density at radius 1 is 1.56 bits per heavy atom. The first kappa shape index (κ1) is 12.9. The van der Waals surface area contributed by atoms with Crippen molar-refractivity contribution in [1.82, 2.24) is 10.4 Å². The third-order valence-electron chi connectivity index (χ3n) is 2.12. The molecule has 0 radical (unpaired) electrons. The molecule has 0 fully saturated rings. The number of nitrogens with zero attached hydrogens (tertiary/aromatic N) is 2. The molecule has 0 aliphatic carbocycles. The van der Waals surface area contributed by atoms with Crippen molar-refractivity contribution in [3.8, 4) is 0 Å². The van der Waals surface area contributed by atoms with Gasteiger partial charge in [-0.1, -0.05) is 0 Å². The number of carbonyl (C=O) groups excluding carboxylic acids is 1. The van der Waals surface area contributed by atoms with Crippen LogP contribution in [0.4, 0.5) is 0 Å². The average Bonchev–Trinajstić information content (AvgIpc) is 2.76. The van der Waals surface area contributed by atoms with Gasteiger partial charge in [0.25, 0.3) is 5.91 Å². The molecule has 0 aliphatic rings. The maximum atomic E-state index is 11.7. The molecule has 92 valence electrons. The third kappa shape index (κ3) is 3.48. The van der Waals surface area contributed by atoms with Crippen molar-refractivity contribution in [2.45, 2.75) is 6.92 Å². The zero-order chi connectivity index (χ0) is 13.0. The molecular weight excluding hydrogens is 314 g/mol. The van der Waals surface area contributed by atoms with Crippen molar-refractivity contribution in [2.75, 3.05) is 0 Å². The Bertz CT molecular complexity index is 577. The Labute approximate surface area is 117 Å². The molecule has 2 rings (SSSR count). The van der Waals surface area contributed by atoms with Crippen LogP contribution < -0.4 is 5.43 Å². The lowest BCUT2D eigenvalue weighted by atomic mass is 10.2. The van der Waals surface area contributed by atoms with Crippen LogP contribution in [0.25, 0.3) is 0 Å². The number of thiophene rings is 1. The van der Waals surface area contributed by atoms with Crippen LogP contribution in [0.1, 0.15) is 20.9 Å². The maximum absolute atomic E-state index is 11.7. The Balaban J connectivity index is 1.96. The average molecular weight is 324 g/mol. The maximum Gasteiger partial charge on any atom is 0.272 e. The molecule has 0 aromatic carbocycles. The van der Waals surface area contributed by atoms with E-state index in [4.69, 9.17) is 0 Å². The third-order valence-corrected chi connectivity index (χ3v) is 3.75. The Hall–Kier alpha value is -1.53. The van der Waals surface area contributed by atoms with Gasteiger partial charge in [0.2, 0.25) is 0 Å². The molecule has 2 aromatic heterocycles. The zero-order valence-corrected chi connectivity index (χ0v) is 12.0. The van der Waals surface area contributed by atoms with E-state index in [0.29, 0.717) is 5.56 Å². The molecule has 2 aromatic rings. The molecule has 2 heterocycles. The van der Waals surface area contributed by atoms with Gasteiger partial charge in [-0.05, 0) is 41.1 Å². The van der Waals surface area contributed by atoms with Gasteiger partial charge in [0.1, 0.15) is 0 Å². The molecule has 0 saturated carbocycles. The van der Waals surface area contributed by atoms with E-state index >= 15 is 0 Å². The fourth-order valence-electron chi connectivity index (χ4n) is 1.22. The van der Waals surface area contributed by atoms with E-state index in [1.807, 2.05) is 18.4 Å². The highest BCUT2D eigenvalue weighted by molar-refractivity contribution is 9.10. The van der Waals surface area contributed by atoms with Gasteiger partial charge in [-0.3, -0.25) is 9.78 Å². The Kier molecular flexibility index (Phi) is 4.22. The summed E-state index contributed by atoms with van der Waals surface area (Å²) in [6, 6.07) is 5.43. The lowest BCUT2D eigenvalue weighted by molar-refractivity contribution is 0.0955. The number of nitrogens with one attached hydrogen (secondary N) is 1. The fraction of sp³-hybridized carbons (Fsp3) is 0.0833. The van der Waals surface area contributed by atoms with Crippen LogP contribution in [-0.4, -0.2) is 17.1 Å². The van der Waals surface area contributed by atoms with Crippen LogP contribution in [0, 0.1) is 6.92 Å². The van der Waals surface area contributed by atoms with Gasteiger partial charge in [0.15, 0.2) is 0 Å². The number of halogens is 1. The van der Waals surface area contributed by atoms with Crippen LogP contribution in [-0.2, 0) is 0 Å². The van der Waals surface area contributed by atoms with Crippen LogP contribution in [0.15, 0.2) is 39.4 Å². The lowest BCUT2D eigenvalue weighted by Crippen LogP contribution is -2.17. The number of hydrazone groups is 1. The number of aromatic nitrogens is 1. The molecular formula is C12H10BrN3OS. The summed E-state index contributed by atoms with van der Waals surface area (Å²) in [6.07, 6.45) is 3.14. The van der Waals surface area contributed by atoms with Crippen LogP contribution in [0.5, 0.6) is 0 Å². The first-order chi connectivity index (χ1) is 8.65. The number of amides is 1. The van der Waals surface area contributed by atoms with E-state index in [1.165, 1.54) is 17.5 Å². The predicted molar refractivity (Wildman–Crippen MR) is 76.1 cm³/mol. The largest absolute Gasteiger partial charge is 0.272 e. The number of rotatable bonds is 3. The highest BCUT2D eigenvalue weighted by atomic mass is 79.9. The minimum absolute atomic E-state index is 0.269. The molecule has 0 spiro atoms. The van der Waals surface area contributed by atoms with Crippen molar-refractivity contribution in [3.63, 3.8) is 0 Å². The summed E-state index contributed by atoms with van der Waals surface area (Å²) in [6.45, 7) is 1.87. The van der Waals surface area contributed by atoms with Gasteiger partial charge in [-0.2, -0.15) is 5.10 Å². The molecule has 0 saturated heterocycles.